The molecule has 1 atom stereocenters. The molecule has 2 rings (SSSR count). The molecule has 1 unspecified atom stereocenters. The van der Waals surface area contributed by atoms with Crippen molar-refractivity contribution in [2.24, 2.45) is 11.8 Å². The van der Waals surface area contributed by atoms with E-state index in [0.29, 0.717) is 12.0 Å². The monoisotopic (exact) mass is 267 g/mol. The van der Waals surface area contributed by atoms with Crippen LogP contribution in [0.4, 0.5) is 0 Å². The molecule has 0 aliphatic carbocycles. The summed E-state index contributed by atoms with van der Waals surface area (Å²) in [6.45, 7) is 9.72. The molecule has 110 valence electrons. The molecule has 0 aromatic rings. The van der Waals surface area contributed by atoms with Crippen molar-refractivity contribution in [1.29, 1.82) is 0 Å². The number of amides is 1. The Balaban J connectivity index is 1.79. The Bertz CT molecular complexity index is 281. The summed E-state index contributed by atoms with van der Waals surface area (Å²) in [4.78, 5) is 14.7. The second-order valence-electron chi connectivity index (χ2n) is 6.32. The summed E-state index contributed by atoms with van der Waals surface area (Å²) in [6, 6.07) is 0.508. The van der Waals surface area contributed by atoms with Gasteiger partial charge in [-0.3, -0.25) is 9.69 Å². The van der Waals surface area contributed by atoms with Crippen LogP contribution in [-0.4, -0.2) is 49.6 Å². The molecule has 0 spiro atoms. The van der Waals surface area contributed by atoms with Gasteiger partial charge in [0.15, 0.2) is 0 Å². The van der Waals surface area contributed by atoms with E-state index >= 15 is 0 Å². The van der Waals surface area contributed by atoms with Crippen LogP contribution in [0.25, 0.3) is 0 Å². The number of hydrogen-bond acceptors (Lipinski definition) is 3. The second kappa shape index (κ2) is 7.25. The molecular formula is C15H29N3O. The first kappa shape index (κ1) is 14.8. The van der Waals surface area contributed by atoms with Crippen LogP contribution in [0, 0.1) is 11.8 Å². The lowest BCUT2D eigenvalue weighted by Crippen LogP contribution is -2.47. The van der Waals surface area contributed by atoms with Crippen molar-refractivity contribution in [3.8, 4) is 0 Å². The summed E-state index contributed by atoms with van der Waals surface area (Å²) >= 11 is 0. The molecule has 2 aliphatic rings. The molecular weight excluding hydrogens is 238 g/mol. The molecule has 2 N–H and O–H groups in total. The van der Waals surface area contributed by atoms with Gasteiger partial charge in [0.05, 0.1) is 0 Å². The molecule has 4 nitrogen and oxygen atoms in total. The topological polar surface area (TPSA) is 44.4 Å². The highest BCUT2D eigenvalue weighted by Gasteiger charge is 2.26. The molecule has 0 aromatic carbocycles. The highest BCUT2D eigenvalue weighted by molar-refractivity contribution is 5.78. The Morgan fingerprint density at radius 2 is 1.89 bits per heavy atom. The summed E-state index contributed by atoms with van der Waals surface area (Å²) in [5.41, 5.74) is 0. The van der Waals surface area contributed by atoms with E-state index in [1.54, 1.807) is 0 Å². The van der Waals surface area contributed by atoms with Gasteiger partial charge in [0.1, 0.15) is 0 Å². The molecule has 0 radical (unpaired) electrons. The summed E-state index contributed by atoms with van der Waals surface area (Å²) in [6.07, 6.45) is 4.60. The van der Waals surface area contributed by atoms with Gasteiger partial charge in [-0.05, 0) is 57.8 Å². The van der Waals surface area contributed by atoms with E-state index in [-0.39, 0.29) is 11.8 Å². The normalized spacial score (nSPS) is 23.7. The maximum Gasteiger partial charge on any atom is 0.223 e. The first-order valence-electron chi connectivity index (χ1n) is 7.91. The minimum absolute atomic E-state index is 0.229. The fraction of sp³-hybridized carbons (Fsp3) is 0.933. The number of nitrogens with one attached hydrogen (secondary N) is 2. The van der Waals surface area contributed by atoms with Gasteiger partial charge < -0.3 is 10.6 Å². The second-order valence-corrected chi connectivity index (χ2v) is 6.32. The fourth-order valence-electron chi connectivity index (χ4n) is 3.29. The Kier molecular flexibility index (Phi) is 5.64. The zero-order valence-electron chi connectivity index (χ0n) is 12.5. The molecule has 2 saturated heterocycles. The van der Waals surface area contributed by atoms with Gasteiger partial charge in [0, 0.05) is 18.5 Å². The minimum atomic E-state index is 0.229. The third-order valence-electron chi connectivity index (χ3n) is 4.57. The summed E-state index contributed by atoms with van der Waals surface area (Å²) in [5, 5.41) is 6.51. The number of rotatable bonds is 5. The van der Waals surface area contributed by atoms with Gasteiger partial charge in [-0.2, -0.15) is 0 Å². The highest BCUT2D eigenvalue weighted by Crippen LogP contribution is 2.18. The molecule has 0 bridgehead atoms. The van der Waals surface area contributed by atoms with Crippen LogP contribution in [0.1, 0.15) is 39.5 Å². The molecule has 0 aromatic heterocycles. The molecule has 0 saturated carbocycles. The number of piperidine rings is 1. The number of nitrogens with zero attached hydrogens (tertiary/aromatic N) is 1. The van der Waals surface area contributed by atoms with E-state index in [9.17, 15) is 4.79 Å². The number of hydrogen-bond donors (Lipinski definition) is 2. The van der Waals surface area contributed by atoms with E-state index in [1.807, 2.05) is 0 Å². The van der Waals surface area contributed by atoms with Crippen molar-refractivity contribution >= 4 is 5.91 Å². The van der Waals surface area contributed by atoms with E-state index in [1.165, 1.54) is 25.9 Å². The summed E-state index contributed by atoms with van der Waals surface area (Å²) in [5.74, 6) is 1.10. The first-order chi connectivity index (χ1) is 9.18. The van der Waals surface area contributed by atoms with Crippen LogP contribution in [0.2, 0.25) is 0 Å². The average molecular weight is 267 g/mol. The van der Waals surface area contributed by atoms with Crippen molar-refractivity contribution < 1.29 is 4.79 Å². The minimum Gasteiger partial charge on any atom is -0.354 e. The predicted octanol–water partition coefficient (Wildman–Crippen LogP) is 1.22. The fourth-order valence-corrected chi connectivity index (χ4v) is 3.29. The Morgan fingerprint density at radius 3 is 2.47 bits per heavy atom. The van der Waals surface area contributed by atoms with Crippen LogP contribution in [0.5, 0.6) is 0 Å². The van der Waals surface area contributed by atoms with Gasteiger partial charge >= 0.3 is 0 Å². The van der Waals surface area contributed by atoms with Crippen molar-refractivity contribution in [2.45, 2.75) is 45.6 Å². The smallest absolute Gasteiger partial charge is 0.223 e. The molecule has 4 heteroatoms. The predicted molar refractivity (Wildman–Crippen MR) is 78.0 cm³/mol. The van der Waals surface area contributed by atoms with Gasteiger partial charge in [0.25, 0.3) is 0 Å². The van der Waals surface area contributed by atoms with Crippen LogP contribution in [-0.2, 0) is 4.79 Å². The summed E-state index contributed by atoms with van der Waals surface area (Å²) in [7, 11) is 0. The number of carbonyl (C=O) groups is 1. The molecule has 19 heavy (non-hydrogen) atoms. The van der Waals surface area contributed by atoms with Crippen molar-refractivity contribution in [3.05, 3.63) is 0 Å². The van der Waals surface area contributed by atoms with Crippen molar-refractivity contribution in [3.63, 3.8) is 0 Å². The van der Waals surface area contributed by atoms with E-state index in [0.717, 1.165) is 32.5 Å². The van der Waals surface area contributed by atoms with E-state index in [4.69, 9.17) is 0 Å². The lowest BCUT2D eigenvalue weighted by atomic mass is 9.96. The first-order valence-corrected chi connectivity index (χ1v) is 7.91. The Labute approximate surface area is 117 Å². The SMILES string of the molecule is CC(C)C(CNC(=O)C1CCNCC1)N1CCCC1. The van der Waals surface area contributed by atoms with Gasteiger partial charge in [-0.15, -0.1) is 0 Å². The quantitative estimate of drug-likeness (QED) is 0.787. The van der Waals surface area contributed by atoms with Crippen LogP contribution >= 0.6 is 0 Å². The van der Waals surface area contributed by atoms with Gasteiger partial charge in [-0.25, -0.2) is 0 Å². The average Bonchev–Trinajstić information content (AvgIpc) is 2.93. The molecule has 2 heterocycles. The third-order valence-corrected chi connectivity index (χ3v) is 4.57. The maximum absolute atomic E-state index is 12.2. The van der Waals surface area contributed by atoms with Gasteiger partial charge in [0.2, 0.25) is 5.91 Å². The highest BCUT2D eigenvalue weighted by atomic mass is 16.1. The van der Waals surface area contributed by atoms with E-state index < -0.39 is 0 Å². The zero-order valence-corrected chi connectivity index (χ0v) is 12.5. The van der Waals surface area contributed by atoms with Crippen LogP contribution < -0.4 is 10.6 Å². The molecule has 1 amide bonds. The molecule has 2 fully saturated rings. The van der Waals surface area contributed by atoms with Crippen molar-refractivity contribution in [1.82, 2.24) is 15.5 Å². The number of carbonyl (C=O) groups excluding carboxylic acids is 1. The van der Waals surface area contributed by atoms with Crippen LogP contribution in [0.15, 0.2) is 0 Å². The Hall–Kier alpha value is -0.610. The molecule has 2 aliphatic heterocycles. The largest absolute Gasteiger partial charge is 0.354 e. The number of likely N-dealkylation sites (tertiary alicyclic amines) is 1. The Morgan fingerprint density at radius 1 is 1.26 bits per heavy atom. The van der Waals surface area contributed by atoms with Crippen LogP contribution in [0.3, 0.4) is 0 Å². The third kappa shape index (κ3) is 4.18. The maximum atomic E-state index is 12.2. The van der Waals surface area contributed by atoms with Crippen molar-refractivity contribution in [2.75, 3.05) is 32.7 Å². The lowest BCUT2D eigenvalue weighted by molar-refractivity contribution is -0.126. The zero-order chi connectivity index (χ0) is 13.7. The van der Waals surface area contributed by atoms with Gasteiger partial charge in [-0.1, -0.05) is 13.8 Å². The van der Waals surface area contributed by atoms with E-state index in [2.05, 4.69) is 29.4 Å². The summed E-state index contributed by atoms with van der Waals surface area (Å²) < 4.78 is 0. The standard InChI is InChI=1S/C15H29N3O/c1-12(2)14(18-9-3-4-10-18)11-17-15(19)13-5-7-16-8-6-13/h12-14,16H,3-11H2,1-2H3,(H,17,19). The lowest BCUT2D eigenvalue weighted by Gasteiger charge is -2.32.